The van der Waals surface area contributed by atoms with Gasteiger partial charge in [0.25, 0.3) is 0 Å². The summed E-state index contributed by atoms with van der Waals surface area (Å²) in [5.74, 6) is 0.726. The molecule has 2 atom stereocenters. The minimum Gasteiger partial charge on any atom is -0.0843 e. The van der Waals surface area contributed by atoms with Crippen LogP contribution in [0.1, 0.15) is 51.6 Å². The van der Waals surface area contributed by atoms with Crippen molar-refractivity contribution in [2.45, 2.75) is 23.7 Å². The highest BCUT2D eigenvalue weighted by Gasteiger charge is 2.49. The largest absolute Gasteiger partial charge is 0.0843 e. The van der Waals surface area contributed by atoms with Gasteiger partial charge in [-0.3, -0.25) is 0 Å². The van der Waals surface area contributed by atoms with Gasteiger partial charge in [0.15, 0.2) is 0 Å². The molecule has 1 spiro atoms. The maximum Gasteiger partial charge on any atom is 0.0719 e. The molecule has 2 bridgehead atoms. The van der Waals surface area contributed by atoms with Crippen molar-refractivity contribution < 1.29 is 0 Å². The molecule has 0 heterocycles. The van der Waals surface area contributed by atoms with E-state index in [1.807, 2.05) is 6.07 Å². The van der Waals surface area contributed by atoms with Gasteiger partial charge >= 0.3 is 0 Å². The van der Waals surface area contributed by atoms with Crippen LogP contribution in [0.5, 0.6) is 0 Å². The first-order valence-corrected chi connectivity index (χ1v) is 12.1. The molecule has 0 radical (unpaired) electrons. The zero-order chi connectivity index (χ0) is 22.0. The zero-order valence-electron chi connectivity index (χ0n) is 18.2. The maximum absolute atomic E-state index is 6.70. The second-order valence-electron chi connectivity index (χ2n) is 9.38. The lowest BCUT2D eigenvalue weighted by molar-refractivity contribution is 0.618. The highest BCUT2D eigenvalue weighted by molar-refractivity contribution is 6.30. The van der Waals surface area contributed by atoms with Gasteiger partial charge in [0, 0.05) is 16.9 Å². The smallest absolute Gasteiger partial charge is 0.0719 e. The Labute approximate surface area is 199 Å². The summed E-state index contributed by atoms with van der Waals surface area (Å²) >= 11 is 6.70. The van der Waals surface area contributed by atoms with E-state index in [1.165, 1.54) is 44.5 Å². The molecular formula is C32H23Cl. The molecule has 4 aromatic carbocycles. The van der Waals surface area contributed by atoms with E-state index in [0.717, 1.165) is 11.4 Å². The molecule has 3 aliphatic rings. The Morgan fingerprint density at radius 1 is 0.576 bits per heavy atom. The van der Waals surface area contributed by atoms with Crippen LogP contribution in [0.4, 0.5) is 0 Å². The van der Waals surface area contributed by atoms with Crippen LogP contribution in [0, 0.1) is 0 Å². The fourth-order valence-electron chi connectivity index (χ4n) is 6.59. The second kappa shape index (κ2) is 7.07. The summed E-state index contributed by atoms with van der Waals surface area (Å²) in [4.78, 5) is 0. The molecule has 3 aliphatic carbocycles. The van der Waals surface area contributed by atoms with Crippen molar-refractivity contribution in [3.63, 3.8) is 0 Å². The van der Waals surface area contributed by atoms with E-state index >= 15 is 0 Å². The third-order valence-electron chi connectivity index (χ3n) is 7.84. The quantitative estimate of drug-likeness (QED) is 0.226. The lowest BCUT2D eigenvalue weighted by Gasteiger charge is -2.41. The maximum atomic E-state index is 6.70. The van der Waals surface area contributed by atoms with Crippen molar-refractivity contribution in [3.05, 3.63) is 154 Å². The molecule has 0 N–H and O–H groups in total. The third-order valence-corrected chi connectivity index (χ3v) is 8.08. The first-order valence-electron chi connectivity index (χ1n) is 11.7. The van der Waals surface area contributed by atoms with Crippen molar-refractivity contribution in [1.29, 1.82) is 0 Å². The SMILES string of the molecule is Clc1ccc2c(c1)C1(c3ccccc3-2)c2ccccc2C2C=CC=CC(C2)c2ccccc21. The van der Waals surface area contributed by atoms with Gasteiger partial charge in [-0.2, -0.15) is 0 Å². The van der Waals surface area contributed by atoms with Crippen molar-refractivity contribution in [1.82, 2.24) is 0 Å². The first-order chi connectivity index (χ1) is 16.3. The summed E-state index contributed by atoms with van der Waals surface area (Å²) in [6.07, 6.45) is 10.3. The number of hydrogen-bond donors (Lipinski definition) is 0. The molecule has 1 heteroatoms. The Morgan fingerprint density at radius 2 is 1.12 bits per heavy atom. The molecule has 33 heavy (non-hydrogen) atoms. The lowest BCUT2D eigenvalue weighted by Crippen LogP contribution is -2.33. The van der Waals surface area contributed by atoms with E-state index in [9.17, 15) is 0 Å². The molecule has 7 rings (SSSR count). The predicted octanol–water partition coefficient (Wildman–Crippen LogP) is 8.40. The molecule has 2 unspecified atom stereocenters. The van der Waals surface area contributed by atoms with E-state index in [2.05, 4.69) is 109 Å². The summed E-state index contributed by atoms with van der Waals surface area (Å²) in [6, 6.07) is 33.6. The van der Waals surface area contributed by atoms with Crippen LogP contribution in [-0.2, 0) is 5.41 Å². The lowest BCUT2D eigenvalue weighted by atomic mass is 9.61. The highest BCUT2D eigenvalue weighted by Crippen LogP contribution is 2.60. The van der Waals surface area contributed by atoms with Crippen molar-refractivity contribution in [3.8, 4) is 11.1 Å². The number of hydrogen-bond acceptors (Lipinski definition) is 0. The van der Waals surface area contributed by atoms with Gasteiger partial charge in [0.2, 0.25) is 0 Å². The van der Waals surface area contributed by atoms with E-state index in [4.69, 9.17) is 11.6 Å². The average molecular weight is 443 g/mol. The van der Waals surface area contributed by atoms with Crippen molar-refractivity contribution >= 4 is 11.6 Å². The number of allylic oxidation sites excluding steroid dienone is 4. The minimum absolute atomic E-state index is 0.363. The van der Waals surface area contributed by atoms with Gasteiger partial charge in [-0.05, 0) is 63.1 Å². The van der Waals surface area contributed by atoms with Crippen LogP contribution >= 0.6 is 11.6 Å². The standard InChI is InChI=1S/C32H23Cl/c33-23-17-18-27-26-13-5-8-16-30(26)32(31(27)20-23)28-14-6-3-11-24(28)21-9-1-2-10-22(19-21)25-12-4-7-15-29(25)32/h1-18,20-22H,19H2. The van der Waals surface area contributed by atoms with Gasteiger partial charge in [0.05, 0.1) is 5.41 Å². The Kier molecular flexibility index (Phi) is 4.10. The summed E-state index contributed by atoms with van der Waals surface area (Å²) < 4.78 is 0. The summed E-state index contributed by atoms with van der Waals surface area (Å²) in [5.41, 5.74) is 10.4. The molecule has 158 valence electrons. The van der Waals surface area contributed by atoms with E-state index < -0.39 is 5.41 Å². The van der Waals surface area contributed by atoms with Crippen LogP contribution in [-0.4, -0.2) is 0 Å². The first kappa shape index (κ1) is 19.1. The topological polar surface area (TPSA) is 0 Å². The molecule has 0 saturated heterocycles. The molecule has 0 saturated carbocycles. The van der Waals surface area contributed by atoms with Crippen LogP contribution in [0.15, 0.2) is 115 Å². The second-order valence-corrected chi connectivity index (χ2v) is 9.81. The number of rotatable bonds is 0. The minimum atomic E-state index is -0.396. The Hall–Kier alpha value is -3.35. The van der Waals surface area contributed by atoms with Crippen LogP contribution in [0.3, 0.4) is 0 Å². The number of fused-ring (bicyclic) bond motifs is 13. The van der Waals surface area contributed by atoms with E-state index in [-0.39, 0.29) is 0 Å². The molecule has 4 aromatic rings. The fourth-order valence-corrected chi connectivity index (χ4v) is 6.76. The monoisotopic (exact) mass is 442 g/mol. The molecule has 0 nitrogen and oxygen atoms in total. The van der Waals surface area contributed by atoms with Gasteiger partial charge in [0.1, 0.15) is 0 Å². The Bertz CT molecular complexity index is 1410. The van der Waals surface area contributed by atoms with Gasteiger partial charge in [-0.1, -0.05) is 115 Å². The number of benzene rings is 4. The van der Waals surface area contributed by atoms with E-state index in [1.54, 1.807) is 0 Å². The summed E-state index contributed by atoms with van der Waals surface area (Å²) in [5, 5.41) is 0.787. The normalized spacial score (nSPS) is 23.7. The fraction of sp³-hybridized carbons (Fsp3) is 0.125. The van der Waals surface area contributed by atoms with E-state index in [0.29, 0.717) is 11.8 Å². The van der Waals surface area contributed by atoms with Crippen LogP contribution < -0.4 is 0 Å². The predicted molar refractivity (Wildman–Crippen MR) is 137 cm³/mol. The van der Waals surface area contributed by atoms with Gasteiger partial charge in [-0.25, -0.2) is 0 Å². The number of halogens is 1. The van der Waals surface area contributed by atoms with Gasteiger partial charge in [-0.15, -0.1) is 0 Å². The van der Waals surface area contributed by atoms with Crippen molar-refractivity contribution in [2.75, 3.05) is 0 Å². The summed E-state index contributed by atoms with van der Waals surface area (Å²) in [6.45, 7) is 0. The van der Waals surface area contributed by atoms with Crippen molar-refractivity contribution in [2.24, 2.45) is 0 Å². The van der Waals surface area contributed by atoms with Crippen LogP contribution in [0.2, 0.25) is 5.02 Å². The molecule has 0 aliphatic heterocycles. The zero-order valence-corrected chi connectivity index (χ0v) is 19.0. The molecule has 0 aromatic heterocycles. The van der Waals surface area contributed by atoms with Crippen LogP contribution in [0.25, 0.3) is 11.1 Å². The molecular weight excluding hydrogens is 420 g/mol. The van der Waals surface area contributed by atoms with Gasteiger partial charge < -0.3 is 0 Å². The molecule has 0 fully saturated rings. The average Bonchev–Trinajstić information content (AvgIpc) is 2.98. The third kappa shape index (κ3) is 2.53. The summed E-state index contributed by atoms with van der Waals surface area (Å²) in [7, 11) is 0. The Balaban J connectivity index is 1.73. The Morgan fingerprint density at radius 3 is 1.79 bits per heavy atom. The highest BCUT2D eigenvalue weighted by atomic mass is 35.5. The molecule has 0 amide bonds.